The number of nitrogens with zero attached hydrogens (tertiary/aromatic N) is 4. The fourth-order valence-electron chi connectivity index (χ4n) is 3.84. The van der Waals surface area contributed by atoms with E-state index in [1.807, 2.05) is 16.5 Å². The minimum atomic E-state index is 0.0747. The Morgan fingerprint density at radius 2 is 2.30 bits per heavy atom. The monoisotopic (exact) mass is 331 g/mol. The maximum absolute atomic E-state index is 12.4. The molecule has 1 atom stereocenters. The summed E-state index contributed by atoms with van der Waals surface area (Å²) >= 11 is 1.72. The van der Waals surface area contributed by atoms with Crippen LogP contribution in [0.15, 0.2) is 23.8 Å². The third-order valence-corrected chi connectivity index (χ3v) is 6.09. The Morgan fingerprint density at radius 3 is 2.96 bits per heavy atom. The standard InChI is InChI=1S/C16H21N5OS/c1-20(11-14-17-6-9-23-14)13-10-16(13)3-7-21(8-4-16)15(22)12-2-5-18-19-12/h2,5-6,9,13H,3-4,7-8,10-11H2,1H3,(H,18,19)/t13-/m1/s1. The molecule has 1 aliphatic heterocycles. The molecule has 2 aliphatic rings. The zero-order valence-corrected chi connectivity index (χ0v) is 14.1. The second kappa shape index (κ2) is 5.72. The summed E-state index contributed by atoms with van der Waals surface area (Å²) in [4.78, 5) is 21.1. The van der Waals surface area contributed by atoms with Gasteiger partial charge in [0, 0.05) is 36.9 Å². The van der Waals surface area contributed by atoms with Gasteiger partial charge in [0.2, 0.25) is 0 Å². The summed E-state index contributed by atoms with van der Waals surface area (Å²) in [6.07, 6.45) is 6.94. The van der Waals surface area contributed by atoms with Crippen LogP contribution in [0.3, 0.4) is 0 Å². The van der Waals surface area contributed by atoms with Gasteiger partial charge in [-0.2, -0.15) is 5.10 Å². The number of piperidine rings is 1. The second-order valence-corrected chi connectivity index (χ2v) is 7.66. The molecule has 1 saturated carbocycles. The molecule has 0 radical (unpaired) electrons. The van der Waals surface area contributed by atoms with Gasteiger partial charge < -0.3 is 4.90 Å². The average molecular weight is 331 g/mol. The van der Waals surface area contributed by atoms with Crippen LogP contribution in [0, 0.1) is 5.41 Å². The van der Waals surface area contributed by atoms with Gasteiger partial charge in [-0.25, -0.2) is 4.98 Å². The Hall–Kier alpha value is -1.73. The Bertz CT molecular complexity index is 661. The van der Waals surface area contributed by atoms with Crippen molar-refractivity contribution in [3.05, 3.63) is 34.5 Å². The second-order valence-electron chi connectivity index (χ2n) is 6.69. The van der Waals surface area contributed by atoms with Crippen LogP contribution in [-0.4, -0.2) is 57.1 Å². The van der Waals surface area contributed by atoms with Crippen molar-refractivity contribution in [1.82, 2.24) is 25.0 Å². The number of nitrogens with one attached hydrogen (secondary N) is 1. The van der Waals surface area contributed by atoms with Crippen LogP contribution in [0.4, 0.5) is 0 Å². The first-order chi connectivity index (χ1) is 11.2. The highest BCUT2D eigenvalue weighted by Crippen LogP contribution is 2.56. The molecule has 1 N–H and O–H groups in total. The Labute approximate surface area is 139 Å². The van der Waals surface area contributed by atoms with E-state index in [0.717, 1.165) is 32.5 Å². The van der Waals surface area contributed by atoms with Gasteiger partial charge >= 0.3 is 0 Å². The topological polar surface area (TPSA) is 65.1 Å². The van der Waals surface area contributed by atoms with Crippen LogP contribution in [0.1, 0.15) is 34.8 Å². The molecule has 2 fully saturated rings. The number of H-pyrrole nitrogens is 1. The molecular formula is C16H21N5OS. The number of aromatic nitrogens is 3. The van der Waals surface area contributed by atoms with Crippen LogP contribution in [0.25, 0.3) is 0 Å². The Balaban J connectivity index is 1.32. The summed E-state index contributed by atoms with van der Waals surface area (Å²) in [5, 5.41) is 9.85. The molecule has 4 rings (SSSR count). The normalized spacial score (nSPS) is 22.7. The molecule has 0 bridgehead atoms. The van der Waals surface area contributed by atoms with E-state index in [0.29, 0.717) is 17.2 Å². The molecule has 1 aliphatic carbocycles. The maximum atomic E-state index is 12.4. The largest absolute Gasteiger partial charge is 0.337 e. The fourth-order valence-corrected chi connectivity index (χ4v) is 4.52. The van der Waals surface area contributed by atoms with Gasteiger partial charge in [-0.1, -0.05) is 0 Å². The molecule has 122 valence electrons. The van der Waals surface area contributed by atoms with E-state index in [-0.39, 0.29) is 5.91 Å². The SMILES string of the molecule is CN(Cc1nccs1)[C@@H]1CC12CCN(C(=O)c1ccn[nH]1)CC2. The Kier molecular flexibility index (Phi) is 3.69. The molecule has 2 aromatic rings. The van der Waals surface area contributed by atoms with E-state index in [1.54, 1.807) is 23.6 Å². The van der Waals surface area contributed by atoms with E-state index in [1.165, 1.54) is 11.4 Å². The van der Waals surface area contributed by atoms with Gasteiger partial charge in [0.05, 0.1) is 6.54 Å². The van der Waals surface area contributed by atoms with Crippen LogP contribution in [0.2, 0.25) is 0 Å². The van der Waals surface area contributed by atoms with Gasteiger partial charge in [0.15, 0.2) is 0 Å². The highest BCUT2D eigenvalue weighted by molar-refractivity contribution is 7.09. The van der Waals surface area contributed by atoms with Crippen molar-refractivity contribution in [3.63, 3.8) is 0 Å². The summed E-state index contributed by atoms with van der Waals surface area (Å²) in [6.45, 7) is 2.62. The fraction of sp³-hybridized carbons (Fsp3) is 0.562. The first-order valence-corrected chi connectivity index (χ1v) is 8.93. The van der Waals surface area contributed by atoms with E-state index in [2.05, 4.69) is 27.1 Å². The van der Waals surface area contributed by atoms with Crippen molar-refractivity contribution in [2.75, 3.05) is 20.1 Å². The molecule has 1 saturated heterocycles. The molecule has 3 heterocycles. The molecule has 1 spiro atoms. The van der Waals surface area contributed by atoms with Crippen molar-refractivity contribution in [1.29, 1.82) is 0 Å². The molecule has 23 heavy (non-hydrogen) atoms. The number of carbonyl (C=O) groups is 1. The maximum Gasteiger partial charge on any atom is 0.271 e. The van der Waals surface area contributed by atoms with E-state index in [4.69, 9.17) is 0 Å². The number of hydrogen-bond acceptors (Lipinski definition) is 5. The molecule has 7 heteroatoms. The lowest BCUT2D eigenvalue weighted by atomic mass is 9.92. The molecule has 1 amide bonds. The van der Waals surface area contributed by atoms with Crippen molar-refractivity contribution in [2.45, 2.75) is 31.8 Å². The zero-order chi connectivity index (χ0) is 15.9. The molecule has 0 unspecified atom stereocenters. The van der Waals surface area contributed by atoms with Crippen LogP contribution in [-0.2, 0) is 6.54 Å². The summed E-state index contributed by atoms with van der Waals surface area (Å²) in [7, 11) is 2.20. The van der Waals surface area contributed by atoms with Gasteiger partial charge in [-0.05, 0) is 37.8 Å². The smallest absolute Gasteiger partial charge is 0.271 e. The first kappa shape index (κ1) is 14.8. The Morgan fingerprint density at radius 1 is 1.48 bits per heavy atom. The minimum Gasteiger partial charge on any atom is -0.337 e. The van der Waals surface area contributed by atoms with Crippen LogP contribution < -0.4 is 0 Å². The summed E-state index contributed by atoms with van der Waals surface area (Å²) in [5.74, 6) is 0.0747. The lowest BCUT2D eigenvalue weighted by molar-refractivity contribution is 0.0652. The highest BCUT2D eigenvalue weighted by atomic mass is 32.1. The molecular weight excluding hydrogens is 310 g/mol. The first-order valence-electron chi connectivity index (χ1n) is 8.05. The summed E-state index contributed by atoms with van der Waals surface area (Å²) in [5.41, 5.74) is 1.01. The number of amides is 1. The number of rotatable bonds is 4. The number of hydrogen-bond donors (Lipinski definition) is 1. The third-order valence-electron chi connectivity index (χ3n) is 5.32. The summed E-state index contributed by atoms with van der Waals surface area (Å²) in [6, 6.07) is 2.38. The number of carbonyl (C=O) groups excluding carboxylic acids is 1. The van der Waals surface area contributed by atoms with Crippen molar-refractivity contribution in [3.8, 4) is 0 Å². The van der Waals surface area contributed by atoms with Gasteiger partial charge in [0.1, 0.15) is 10.7 Å². The van der Waals surface area contributed by atoms with Crippen molar-refractivity contribution in [2.24, 2.45) is 5.41 Å². The summed E-state index contributed by atoms with van der Waals surface area (Å²) < 4.78 is 0. The van der Waals surface area contributed by atoms with Gasteiger partial charge in [-0.3, -0.25) is 14.8 Å². The minimum absolute atomic E-state index is 0.0747. The number of thiazole rings is 1. The van der Waals surface area contributed by atoms with E-state index >= 15 is 0 Å². The quantitative estimate of drug-likeness (QED) is 0.930. The zero-order valence-electron chi connectivity index (χ0n) is 13.2. The predicted molar refractivity (Wildman–Crippen MR) is 88.1 cm³/mol. The van der Waals surface area contributed by atoms with E-state index in [9.17, 15) is 4.79 Å². The highest BCUT2D eigenvalue weighted by Gasteiger charge is 2.56. The molecule has 0 aromatic carbocycles. The van der Waals surface area contributed by atoms with E-state index < -0.39 is 0 Å². The number of aromatic amines is 1. The van der Waals surface area contributed by atoms with Crippen LogP contribution >= 0.6 is 11.3 Å². The predicted octanol–water partition coefficient (Wildman–Crippen LogP) is 1.99. The third kappa shape index (κ3) is 2.79. The van der Waals surface area contributed by atoms with Gasteiger partial charge in [0.25, 0.3) is 5.91 Å². The van der Waals surface area contributed by atoms with Crippen LogP contribution in [0.5, 0.6) is 0 Å². The molecule has 2 aromatic heterocycles. The lowest BCUT2D eigenvalue weighted by Crippen LogP contribution is -2.41. The number of likely N-dealkylation sites (tertiary alicyclic amines) is 1. The van der Waals surface area contributed by atoms with Crippen molar-refractivity contribution >= 4 is 17.2 Å². The lowest BCUT2D eigenvalue weighted by Gasteiger charge is -2.33. The van der Waals surface area contributed by atoms with Crippen molar-refractivity contribution < 1.29 is 4.79 Å². The molecule has 6 nitrogen and oxygen atoms in total. The average Bonchev–Trinajstić information content (AvgIpc) is 2.99. The van der Waals surface area contributed by atoms with Gasteiger partial charge in [-0.15, -0.1) is 11.3 Å².